The van der Waals surface area contributed by atoms with E-state index in [0.29, 0.717) is 12.2 Å². The van der Waals surface area contributed by atoms with Gasteiger partial charge in [-0.05, 0) is 29.7 Å². The van der Waals surface area contributed by atoms with E-state index in [4.69, 9.17) is 5.26 Å². The number of hydrogen-bond donors (Lipinski definition) is 1. The SMILES string of the molecule is CCc1ccccc1CNc1cccnc1C#N. The minimum absolute atomic E-state index is 0.437. The first kappa shape index (κ1) is 12.1. The summed E-state index contributed by atoms with van der Waals surface area (Å²) in [6.07, 6.45) is 2.64. The van der Waals surface area contributed by atoms with Crippen molar-refractivity contribution in [2.24, 2.45) is 0 Å². The first-order valence-corrected chi connectivity index (χ1v) is 6.01. The molecule has 2 aromatic rings. The molecule has 0 spiro atoms. The number of nitrogens with zero attached hydrogens (tertiary/aromatic N) is 2. The normalized spacial score (nSPS) is 9.78. The van der Waals surface area contributed by atoms with E-state index in [1.165, 1.54) is 11.1 Å². The number of hydrogen-bond acceptors (Lipinski definition) is 3. The lowest BCUT2D eigenvalue weighted by atomic mass is 10.1. The van der Waals surface area contributed by atoms with Crippen LogP contribution < -0.4 is 5.32 Å². The van der Waals surface area contributed by atoms with Gasteiger partial charge in [0.2, 0.25) is 0 Å². The summed E-state index contributed by atoms with van der Waals surface area (Å²) in [6, 6.07) is 14.1. The molecule has 18 heavy (non-hydrogen) atoms. The number of anilines is 1. The molecule has 0 saturated carbocycles. The van der Waals surface area contributed by atoms with Gasteiger partial charge < -0.3 is 5.32 Å². The average Bonchev–Trinajstić information content (AvgIpc) is 2.45. The molecule has 1 aromatic heterocycles. The zero-order chi connectivity index (χ0) is 12.8. The molecule has 0 unspecified atom stereocenters. The van der Waals surface area contributed by atoms with Crippen molar-refractivity contribution < 1.29 is 0 Å². The zero-order valence-electron chi connectivity index (χ0n) is 10.4. The van der Waals surface area contributed by atoms with Crippen LogP contribution in [0.15, 0.2) is 42.6 Å². The van der Waals surface area contributed by atoms with Crippen molar-refractivity contribution >= 4 is 5.69 Å². The van der Waals surface area contributed by atoms with E-state index < -0.39 is 0 Å². The van der Waals surface area contributed by atoms with Crippen molar-refractivity contribution in [3.05, 3.63) is 59.4 Å². The number of benzene rings is 1. The van der Waals surface area contributed by atoms with Gasteiger partial charge in [-0.25, -0.2) is 4.98 Å². The van der Waals surface area contributed by atoms with Gasteiger partial charge in [-0.2, -0.15) is 5.26 Å². The Morgan fingerprint density at radius 3 is 2.67 bits per heavy atom. The maximum atomic E-state index is 8.96. The van der Waals surface area contributed by atoms with Crippen molar-refractivity contribution in [1.82, 2.24) is 4.98 Å². The highest BCUT2D eigenvalue weighted by atomic mass is 14.9. The van der Waals surface area contributed by atoms with Crippen molar-refractivity contribution in [3.63, 3.8) is 0 Å². The standard InChI is InChI=1S/C15H15N3/c1-2-12-6-3-4-7-13(12)11-18-14-8-5-9-17-15(14)10-16/h3-9,18H,2,11H2,1H3. The molecule has 0 atom stereocenters. The van der Waals surface area contributed by atoms with Gasteiger partial charge >= 0.3 is 0 Å². The summed E-state index contributed by atoms with van der Waals surface area (Å²) < 4.78 is 0. The van der Waals surface area contributed by atoms with Crippen molar-refractivity contribution in [2.45, 2.75) is 19.9 Å². The fourth-order valence-corrected chi connectivity index (χ4v) is 1.90. The maximum absolute atomic E-state index is 8.96. The summed E-state index contributed by atoms with van der Waals surface area (Å²) in [4.78, 5) is 4.03. The first-order valence-electron chi connectivity index (χ1n) is 6.01. The van der Waals surface area contributed by atoms with Crippen LogP contribution in [0.1, 0.15) is 23.7 Å². The second-order valence-corrected chi connectivity index (χ2v) is 3.99. The van der Waals surface area contributed by atoms with E-state index in [2.05, 4.69) is 35.4 Å². The fraction of sp³-hybridized carbons (Fsp3) is 0.200. The van der Waals surface area contributed by atoms with Crippen LogP contribution in [-0.4, -0.2) is 4.98 Å². The fourth-order valence-electron chi connectivity index (χ4n) is 1.90. The van der Waals surface area contributed by atoms with E-state index in [9.17, 15) is 0 Å². The lowest BCUT2D eigenvalue weighted by Crippen LogP contribution is -2.04. The van der Waals surface area contributed by atoms with E-state index in [1.807, 2.05) is 24.3 Å². The third kappa shape index (κ3) is 2.67. The number of nitriles is 1. The Kier molecular flexibility index (Phi) is 3.93. The lowest BCUT2D eigenvalue weighted by molar-refractivity contribution is 1.04. The van der Waals surface area contributed by atoms with Gasteiger partial charge in [0.25, 0.3) is 0 Å². The Bertz CT molecular complexity index is 570. The second kappa shape index (κ2) is 5.83. The number of aromatic nitrogens is 1. The summed E-state index contributed by atoms with van der Waals surface area (Å²) in [5, 5.41) is 12.2. The minimum Gasteiger partial charge on any atom is -0.379 e. The second-order valence-electron chi connectivity index (χ2n) is 3.99. The molecule has 0 amide bonds. The predicted octanol–water partition coefficient (Wildman–Crippen LogP) is 3.13. The summed E-state index contributed by atoms with van der Waals surface area (Å²) in [7, 11) is 0. The first-order chi connectivity index (χ1) is 8.85. The topological polar surface area (TPSA) is 48.7 Å². The molecule has 0 aliphatic carbocycles. The highest BCUT2D eigenvalue weighted by Crippen LogP contribution is 2.15. The molecular formula is C15H15N3. The Morgan fingerprint density at radius 2 is 1.94 bits per heavy atom. The highest BCUT2D eigenvalue weighted by Gasteiger charge is 2.03. The van der Waals surface area contributed by atoms with Gasteiger partial charge in [0.05, 0.1) is 5.69 Å². The monoisotopic (exact) mass is 237 g/mol. The van der Waals surface area contributed by atoms with Crippen LogP contribution in [0.3, 0.4) is 0 Å². The summed E-state index contributed by atoms with van der Waals surface area (Å²) in [5.74, 6) is 0. The molecule has 1 N–H and O–H groups in total. The summed E-state index contributed by atoms with van der Waals surface area (Å²) in [5.41, 5.74) is 3.80. The van der Waals surface area contributed by atoms with Crippen molar-refractivity contribution in [2.75, 3.05) is 5.32 Å². The van der Waals surface area contributed by atoms with Crippen LogP contribution in [0.25, 0.3) is 0 Å². The van der Waals surface area contributed by atoms with E-state index >= 15 is 0 Å². The number of rotatable bonds is 4. The van der Waals surface area contributed by atoms with Crippen LogP contribution in [0, 0.1) is 11.3 Å². The molecular weight excluding hydrogens is 222 g/mol. The van der Waals surface area contributed by atoms with Crippen LogP contribution in [0.2, 0.25) is 0 Å². The third-order valence-electron chi connectivity index (χ3n) is 2.88. The summed E-state index contributed by atoms with van der Waals surface area (Å²) in [6.45, 7) is 2.86. The molecule has 2 rings (SSSR count). The molecule has 3 heteroatoms. The van der Waals surface area contributed by atoms with E-state index in [0.717, 1.165) is 12.1 Å². The van der Waals surface area contributed by atoms with Gasteiger partial charge in [0, 0.05) is 12.7 Å². The van der Waals surface area contributed by atoms with Gasteiger partial charge in [-0.3, -0.25) is 0 Å². The molecule has 3 nitrogen and oxygen atoms in total. The Hall–Kier alpha value is -2.34. The van der Waals surface area contributed by atoms with Crippen LogP contribution in [0.4, 0.5) is 5.69 Å². The lowest BCUT2D eigenvalue weighted by Gasteiger charge is -2.10. The molecule has 1 heterocycles. The largest absolute Gasteiger partial charge is 0.379 e. The van der Waals surface area contributed by atoms with Gasteiger partial charge in [0.1, 0.15) is 6.07 Å². The number of nitrogens with one attached hydrogen (secondary N) is 1. The predicted molar refractivity (Wildman–Crippen MR) is 72.1 cm³/mol. The van der Waals surface area contributed by atoms with E-state index in [1.54, 1.807) is 6.20 Å². The number of aryl methyl sites for hydroxylation is 1. The van der Waals surface area contributed by atoms with Gasteiger partial charge in [-0.15, -0.1) is 0 Å². The molecule has 0 aliphatic rings. The smallest absolute Gasteiger partial charge is 0.163 e. The third-order valence-corrected chi connectivity index (χ3v) is 2.88. The van der Waals surface area contributed by atoms with Crippen molar-refractivity contribution in [3.8, 4) is 6.07 Å². The van der Waals surface area contributed by atoms with Crippen LogP contribution in [-0.2, 0) is 13.0 Å². The van der Waals surface area contributed by atoms with Crippen molar-refractivity contribution in [1.29, 1.82) is 5.26 Å². The van der Waals surface area contributed by atoms with E-state index in [-0.39, 0.29) is 0 Å². The minimum atomic E-state index is 0.437. The molecule has 0 bridgehead atoms. The molecule has 0 fully saturated rings. The highest BCUT2D eigenvalue weighted by molar-refractivity contribution is 5.53. The number of pyridine rings is 1. The maximum Gasteiger partial charge on any atom is 0.163 e. The summed E-state index contributed by atoms with van der Waals surface area (Å²) >= 11 is 0. The molecule has 0 aliphatic heterocycles. The van der Waals surface area contributed by atoms with Crippen LogP contribution in [0.5, 0.6) is 0 Å². The average molecular weight is 237 g/mol. The molecule has 1 aromatic carbocycles. The van der Waals surface area contributed by atoms with Gasteiger partial charge in [0.15, 0.2) is 5.69 Å². The quantitative estimate of drug-likeness (QED) is 0.888. The molecule has 0 radical (unpaired) electrons. The van der Waals surface area contributed by atoms with Crippen LogP contribution >= 0.6 is 0 Å². The Morgan fingerprint density at radius 1 is 1.17 bits per heavy atom. The molecule has 0 saturated heterocycles. The Labute approximate surface area is 107 Å². The zero-order valence-corrected chi connectivity index (χ0v) is 10.4. The Balaban J connectivity index is 2.14. The van der Waals surface area contributed by atoms with Gasteiger partial charge in [-0.1, -0.05) is 31.2 Å². The molecule has 90 valence electrons.